The van der Waals surface area contributed by atoms with Crippen LogP contribution >= 0.6 is 0 Å². The number of anilines is 1. The summed E-state index contributed by atoms with van der Waals surface area (Å²) in [6, 6.07) is 12.6. The van der Waals surface area contributed by atoms with Gasteiger partial charge in [0.25, 0.3) is 0 Å². The standard InChI is InChI=1S/C23H19F3N6O4/c1-35-16-9-8-14(10-17(16)36-2)21(34)15-11-32(31-28-15)12-18(33)27-20-19(13-6-4-3-5-7-13)29-30-22(20)23(24,25)26/h3-11H,12H2,1-2H3,(H,27,33)(H,29,30). The van der Waals surface area contributed by atoms with Gasteiger partial charge in [0, 0.05) is 11.1 Å². The van der Waals surface area contributed by atoms with Crippen molar-refractivity contribution >= 4 is 17.4 Å². The highest BCUT2D eigenvalue weighted by Crippen LogP contribution is 2.38. The van der Waals surface area contributed by atoms with Crippen molar-refractivity contribution in [2.45, 2.75) is 12.7 Å². The first-order chi connectivity index (χ1) is 17.2. The number of nitrogens with one attached hydrogen (secondary N) is 2. The number of benzene rings is 2. The number of aromatic nitrogens is 5. The van der Waals surface area contributed by atoms with E-state index in [4.69, 9.17) is 9.47 Å². The Kier molecular flexibility index (Phi) is 6.72. The summed E-state index contributed by atoms with van der Waals surface area (Å²) in [4.78, 5) is 25.4. The zero-order chi connectivity index (χ0) is 25.9. The van der Waals surface area contributed by atoms with E-state index < -0.39 is 35.8 Å². The quantitative estimate of drug-likeness (QED) is 0.355. The molecule has 0 fully saturated rings. The number of aromatic amines is 1. The van der Waals surface area contributed by atoms with Crippen molar-refractivity contribution in [2.24, 2.45) is 0 Å². The average molecular weight is 500 g/mol. The molecular formula is C23H19F3N6O4. The number of ether oxygens (including phenoxy) is 2. The second-order valence-electron chi connectivity index (χ2n) is 7.43. The van der Waals surface area contributed by atoms with Crippen molar-refractivity contribution in [3.8, 4) is 22.8 Å². The third kappa shape index (κ3) is 5.04. The minimum absolute atomic E-state index is 0.0701. The Morgan fingerprint density at radius 1 is 1.06 bits per heavy atom. The molecule has 36 heavy (non-hydrogen) atoms. The molecule has 0 unspecified atom stereocenters. The van der Waals surface area contributed by atoms with E-state index in [0.29, 0.717) is 17.1 Å². The van der Waals surface area contributed by atoms with Gasteiger partial charge in [-0.25, -0.2) is 4.68 Å². The van der Waals surface area contributed by atoms with E-state index in [1.165, 1.54) is 32.5 Å². The third-order valence-electron chi connectivity index (χ3n) is 5.08. The van der Waals surface area contributed by atoms with Crippen LogP contribution in [0, 0.1) is 0 Å². The van der Waals surface area contributed by atoms with Gasteiger partial charge in [0.1, 0.15) is 12.2 Å². The highest BCUT2D eigenvalue weighted by Gasteiger charge is 2.38. The summed E-state index contributed by atoms with van der Waals surface area (Å²) >= 11 is 0. The Hall–Kier alpha value is -4.68. The summed E-state index contributed by atoms with van der Waals surface area (Å²) in [5, 5.41) is 15.5. The van der Waals surface area contributed by atoms with E-state index in [-0.39, 0.29) is 17.0 Å². The van der Waals surface area contributed by atoms with Crippen LogP contribution in [0.25, 0.3) is 11.3 Å². The highest BCUT2D eigenvalue weighted by molar-refractivity contribution is 6.07. The first-order valence-electron chi connectivity index (χ1n) is 10.4. The lowest BCUT2D eigenvalue weighted by Crippen LogP contribution is -2.21. The Balaban J connectivity index is 1.53. The predicted octanol–water partition coefficient (Wildman–Crippen LogP) is 3.57. The molecule has 2 aromatic carbocycles. The molecule has 13 heteroatoms. The molecule has 2 N–H and O–H groups in total. The molecule has 0 atom stereocenters. The van der Waals surface area contributed by atoms with E-state index in [1.54, 1.807) is 36.4 Å². The maximum Gasteiger partial charge on any atom is 0.434 e. The molecule has 0 saturated heterocycles. The number of rotatable bonds is 8. The first-order valence-corrected chi connectivity index (χ1v) is 10.4. The van der Waals surface area contributed by atoms with E-state index in [0.717, 1.165) is 4.68 Å². The third-order valence-corrected chi connectivity index (χ3v) is 5.08. The number of carbonyl (C=O) groups is 2. The Labute approximate surface area is 202 Å². The fourth-order valence-corrected chi connectivity index (χ4v) is 3.40. The minimum atomic E-state index is -4.78. The average Bonchev–Trinajstić information content (AvgIpc) is 3.50. The summed E-state index contributed by atoms with van der Waals surface area (Å²) in [6.07, 6.45) is -3.56. The van der Waals surface area contributed by atoms with Crippen molar-refractivity contribution in [3.05, 3.63) is 71.7 Å². The molecule has 0 radical (unpaired) electrons. The second-order valence-corrected chi connectivity index (χ2v) is 7.43. The van der Waals surface area contributed by atoms with Gasteiger partial charge in [-0.2, -0.15) is 18.3 Å². The van der Waals surface area contributed by atoms with Crippen molar-refractivity contribution in [1.82, 2.24) is 25.2 Å². The Morgan fingerprint density at radius 3 is 2.44 bits per heavy atom. The lowest BCUT2D eigenvalue weighted by atomic mass is 10.1. The predicted molar refractivity (Wildman–Crippen MR) is 121 cm³/mol. The Morgan fingerprint density at radius 2 is 1.78 bits per heavy atom. The molecule has 1 amide bonds. The molecule has 4 rings (SSSR count). The molecule has 4 aromatic rings. The van der Waals surface area contributed by atoms with E-state index >= 15 is 0 Å². The van der Waals surface area contributed by atoms with Gasteiger partial charge in [0.15, 0.2) is 22.9 Å². The molecule has 2 aromatic heterocycles. The molecule has 0 bridgehead atoms. The van der Waals surface area contributed by atoms with Gasteiger partial charge in [-0.15, -0.1) is 5.10 Å². The minimum Gasteiger partial charge on any atom is -0.493 e. The van der Waals surface area contributed by atoms with Gasteiger partial charge in [-0.3, -0.25) is 14.7 Å². The SMILES string of the molecule is COc1ccc(C(=O)c2cn(CC(=O)Nc3c(-c4ccccc4)n[nH]c3C(F)(F)F)nn2)cc1OC. The van der Waals surface area contributed by atoms with Crippen molar-refractivity contribution in [1.29, 1.82) is 0 Å². The van der Waals surface area contributed by atoms with Crippen LogP contribution < -0.4 is 14.8 Å². The number of ketones is 1. The Bertz CT molecular complexity index is 1400. The van der Waals surface area contributed by atoms with Gasteiger partial charge in [-0.1, -0.05) is 35.5 Å². The highest BCUT2D eigenvalue weighted by atomic mass is 19.4. The molecule has 10 nitrogen and oxygen atoms in total. The zero-order valence-corrected chi connectivity index (χ0v) is 19.0. The molecule has 0 spiro atoms. The number of H-pyrrole nitrogens is 1. The maximum atomic E-state index is 13.5. The van der Waals surface area contributed by atoms with Crippen LogP contribution in [0.4, 0.5) is 18.9 Å². The molecule has 0 aliphatic rings. The van der Waals surface area contributed by atoms with Crippen molar-refractivity contribution < 1.29 is 32.2 Å². The number of nitrogens with zero attached hydrogens (tertiary/aromatic N) is 4. The topological polar surface area (TPSA) is 124 Å². The number of amides is 1. The molecular weight excluding hydrogens is 481 g/mol. The monoisotopic (exact) mass is 500 g/mol. The summed E-state index contributed by atoms with van der Waals surface area (Å²) in [5.74, 6) is -0.552. The fraction of sp³-hybridized carbons (Fsp3) is 0.174. The molecule has 186 valence electrons. The zero-order valence-electron chi connectivity index (χ0n) is 19.0. The summed E-state index contributed by atoms with van der Waals surface area (Å²) in [5.41, 5.74) is -1.23. The number of hydrogen-bond acceptors (Lipinski definition) is 7. The molecule has 0 saturated carbocycles. The van der Waals surface area contributed by atoms with Gasteiger partial charge in [-0.05, 0) is 18.2 Å². The maximum absolute atomic E-state index is 13.5. The number of carbonyl (C=O) groups excluding carboxylic acids is 2. The fourth-order valence-electron chi connectivity index (χ4n) is 3.40. The largest absolute Gasteiger partial charge is 0.493 e. The van der Waals surface area contributed by atoms with Crippen LogP contribution in [0.3, 0.4) is 0 Å². The molecule has 2 heterocycles. The van der Waals surface area contributed by atoms with Crippen LogP contribution in [0.5, 0.6) is 11.5 Å². The number of alkyl halides is 3. The molecule has 0 aliphatic heterocycles. The smallest absolute Gasteiger partial charge is 0.434 e. The van der Waals surface area contributed by atoms with Crippen LogP contribution in [0.1, 0.15) is 21.7 Å². The first kappa shape index (κ1) is 24.4. The summed E-state index contributed by atoms with van der Waals surface area (Å²) < 4.78 is 51.9. The van der Waals surface area contributed by atoms with E-state index in [2.05, 4.69) is 20.7 Å². The number of methoxy groups -OCH3 is 2. The number of hydrogen-bond donors (Lipinski definition) is 2. The van der Waals surface area contributed by atoms with Gasteiger partial charge < -0.3 is 14.8 Å². The lowest BCUT2D eigenvalue weighted by molar-refractivity contribution is -0.140. The van der Waals surface area contributed by atoms with Gasteiger partial charge in [0.2, 0.25) is 11.7 Å². The van der Waals surface area contributed by atoms with Gasteiger partial charge >= 0.3 is 6.18 Å². The second kappa shape index (κ2) is 9.90. The molecule has 0 aliphatic carbocycles. The van der Waals surface area contributed by atoms with E-state index in [1.807, 2.05) is 5.10 Å². The summed E-state index contributed by atoms with van der Waals surface area (Å²) in [7, 11) is 2.88. The van der Waals surface area contributed by atoms with Crippen LogP contribution in [0.2, 0.25) is 0 Å². The van der Waals surface area contributed by atoms with Crippen LogP contribution in [0.15, 0.2) is 54.7 Å². The van der Waals surface area contributed by atoms with Crippen molar-refractivity contribution in [3.63, 3.8) is 0 Å². The summed E-state index contributed by atoms with van der Waals surface area (Å²) in [6.45, 7) is -0.497. The lowest BCUT2D eigenvalue weighted by Gasteiger charge is -2.10. The van der Waals surface area contributed by atoms with Crippen LogP contribution in [-0.4, -0.2) is 51.1 Å². The van der Waals surface area contributed by atoms with E-state index in [9.17, 15) is 22.8 Å². The normalized spacial score (nSPS) is 11.2. The van der Waals surface area contributed by atoms with Crippen molar-refractivity contribution in [2.75, 3.05) is 19.5 Å². The van der Waals surface area contributed by atoms with Crippen LogP contribution in [-0.2, 0) is 17.5 Å². The number of halogens is 3. The van der Waals surface area contributed by atoms with Gasteiger partial charge in [0.05, 0.1) is 26.1 Å².